The fraction of sp³-hybridized carbons (Fsp3) is 0.211. The Balaban J connectivity index is 1.60. The molecule has 1 aromatic carbocycles. The van der Waals surface area contributed by atoms with E-state index in [4.69, 9.17) is 4.42 Å². The zero-order chi connectivity index (χ0) is 19.9. The minimum Gasteiger partial charge on any atom is -0.463 e. The molecule has 0 saturated heterocycles. The normalized spacial score (nSPS) is 13.5. The van der Waals surface area contributed by atoms with Crippen molar-refractivity contribution in [1.82, 2.24) is 9.78 Å². The van der Waals surface area contributed by atoms with Crippen LogP contribution in [0, 0.1) is 0 Å². The van der Waals surface area contributed by atoms with Crippen LogP contribution in [0.1, 0.15) is 15.9 Å². The summed E-state index contributed by atoms with van der Waals surface area (Å²) >= 11 is 0. The predicted molar refractivity (Wildman–Crippen MR) is 103 cm³/mol. The molecule has 0 atom stereocenters. The lowest BCUT2D eigenvalue weighted by Gasteiger charge is -2.16. The molecule has 3 aromatic rings. The smallest absolute Gasteiger partial charge is 0.267 e. The minimum absolute atomic E-state index is 0.220. The van der Waals surface area contributed by atoms with Gasteiger partial charge in [-0.2, -0.15) is 5.10 Å². The average Bonchev–Trinajstić information content (AvgIpc) is 3.32. The van der Waals surface area contributed by atoms with Crippen LogP contribution < -0.4 is 9.86 Å². The SMILES string of the molecule is CS(=O)(=O)N1CCc2cc(C(=O)Cn3nc(-c4ccco4)ccc3=O)ccc21. The third-order valence-electron chi connectivity index (χ3n) is 4.59. The van der Waals surface area contributed by atoms with Gasteiger partial charge in [0.1, 0.15) is 12.2 Å². The van der Waals surface area contributed by atoms with Crippen LogP contribution in [0.5, 0.6) is 0 Å². The molecule has 144 valence electrons. The van der Waals surface area contributed by atoms with Crippen molar-refractivity contribution in [3.63, 3.8) is 0 Å². The minimum atomic E-state index is -3.35. The maximum atomic E-state index is 12.7. The van der Waals surface area contributed by atoms with Crippen LogP contribution in [-0.2, 0) is 23.0 Å². The van der Waals surface area contributed by atoms with Gasteiger partial charge in [-0.3, -0.25) is 13.9 Å². The van der Waals surface area contributed by atoms with Gasteiger partial charge in [-0.05, 0) is 48.4 Å². The molecule has 28 heavy (non-hydrogen) atoms. The third kappa shape index (κ3) is 3.36. The van der Waals surface area contributed by atoms with Crippen molar-refractivity contribution >= 4 is 21.5 Å². The molecule has 0 N–H and O–H groups in total. The molecule has 0 fully saturated rings. The van der Waals surface area contributed by atoms with Crippen molar-refractivity contribution in [1.29, 1.82) is 0 Å². The van der Waals surface area contributed by atoms with Crippen LogP contribution in [0.2, 0.25) is 0 Å². The van der Waals surface area contributed by atoms with E-state index in [1.807, 2.05) is 0 Å². The predicted octanol–water partition coefficient (Wildman–Crippen LogP) is 1.71. The number of anilines is 1. The zero-order valence-electron chi connectivity index (χ0n) is 15.0. The number of fused-ring (bicyclic) bond motifs is 1. The molecule has 0 saturated carbocycles. The molecule has 9 heteroatoms. The summed E-state index contributed by atoms with van der Waals surface area (Å²) in [4.78, 5) is 24.8. The van der Waals surface area contributed by atoms with E-state index in [-0.39, 0.29) is 12.3 Å². The lowest BCUT2D eigenvalue weighted by molar-refractivity contribution is 0.0965. The first-order valence-electron chi connectivity index (χ1n) is 8.59. The van der Waals surface area contributed by atoms with Gasteiger partial charge in [0.25, 0.3) is 5.56 Å². The van der Waals surface area contributed by atoms with Gasteiger partial charge in [0.2, 0.25) is 10.0 Å². The Hall–Kier alpha value is -3.20. The first kappa shape index (κ1) is 18.2. The molecule has 0 aliphatic carbocycles. The molecule has 8 nitrogen and oxygen atoms in total. The number of rotatable bonds is 5. The highest BCUT2D eigenvalue weighted by molar-refractivity contribution is 7.92. The summed E-state index contributed by atoms with van der Waals surface area (Å²) in [5.41, 5.74) is 1.85. The van der Waals surface area contributed by atoms with E-state index in [0.717, 1.165) is 16.5 Å². The van der Waals surface area contributed by atoms with Crippen molar-refractivity contribution in [3.8, 4) is 11.5 Å². The molecule has 2 aromatic heterocycles. The first-order valence-corrected chi connectivity index (χ1v) is 10.4. The monoisotopic (exact) mass is 399 g/mol. The van der Waals surface area contributed by atoms with E-state index in [1.165, 1.54) is 22.7 Å². The first-order chi connectivity index (χ1) is 13.3. The summed E-state index contributed by atoms with van der Waals surface area (Å²) in [6.07, 6.45) is 3.20. The number of sulfonamides is 1. The molecule has 0 bridgehead atoms. The van der Waals surface area contributed by atoms with Crippen LogP contribution in [-0.4, -0.2) is 36.8 Å². The number of nitrogens with zero attached hydrogens (tertiary/aromatic N) is 3. The highest BCUT2D eigenvalue weighted by atomic mass is 32.2. The van der Waals surface area contributed by atoms with Crippen LogP contribution in [0.15, 0.2) is 57.9 Å². The molecule has 1 aliphatic rings. The van der Waals surface area contributed by atoms with Crippen LogP contribution >= 0.6 is 0 Å². The highest BCUT2D eigenvalue weighted by Crippen LogP contribution is 2.30. The Morgan fingerprint density at radius 2 is 2.04 bits per heavy atom. The molecular weight excluding hydrogens is 382 g/mol. The Morgan fingerprint density at radius 3 is 2.75 bits per heavy atom. The standard InChI is InChI=1S/C19H17N3O5S/c1-28(25,26)22-9-8-13-11-14(4-6-16(13)22)17(23)12-21-19(24)7-5-15(20-21)18-3-2-10-27-18/h2-7,10-11H,8-9,12H2,1H3. The van der Waals surface area contributed by atoms with Gasteiger partial charge in [0.05, 0.1) is 18.2 Å². The Kier molecular flexibility index (Phi) is 4.38. The van der Waals surface area contributed by atoms with Gasteiger partial charge in [-0.25, -0.2) is 13.1 Å². The fourth-order valence-corrected chi connectivity index (χ4v) is 4.19. The number of carbonyl (C=O) groups is 1. The lowest BCUT2D eigenvalue weighted by Crippen LogP contribution is -2.27. The van der Waals surface area contributed by atoms with Crippen molar-refractivity contribution in [2.45, 2.75) is 13.0 Å². The molecule has 3 heterocycles. The van der Waals surface area contributed by atoms with Gasteiger partial charge in [-0.1, -0.05) is 0 Å². The second-order valence-corrected chi connectivity index (χ2v) is 8.45. The largest absolute Gasteiger partial charge is 0.463 e. The number of benzene rings is 1. The summed E-state index contributed by atoms with van der Waals surface area (Å²) < 4.78 is 31.4. The van der Waals surface area contributed by atoms with E-state index < -0.39 is 15.6 Å². The molecular formula is C19H17N3O5S. The number of carbonyl (C=O) groups excluding carboxylic acids is 1. The number of hydrogen-bond acceptors (Lipinski definition) is 6. The van der Waals surface area contributed by atoms with Gasteiger partial charge in [0, 0.05) is 18.2 Å². The van der Waals surface area contributed by atoms with E-state index in [0.29, 0.717) is 35.7 Å². The van der Waals surface area contributed by atoms with Gasteiger partial charge in [-0.15, -0.1) is 0 Å². The summed E-state index contributed by atoms with van der Waals surface area (Å²) in [5, 5.41) is 4.20. The quantitative estimate of drug-likeness (QED) is 0.605. The Morgan fingerprint density at radius 1 is 1.21 bits per heavy atom. The average molecular weight is 399 g/mol. The summed E-state index contributed by atoms with van der Waals surface area (Å²) in [6.45, 7) is 0.139. The third-order valence-corrected chi connectivity index (χ3v) is 5.77. The molecule has 0 spiro atoms. The number of hydrogen-bond donors (Lipinski definition) is 0. The van der Waals surface area contributed by atoms with Gasteiger partial charge in [0.15, 0.2) is 11.5 Å². The van der Waals surface area contributed by atoms with Crippen molar-refractivity contribution in [2.75, 3.05) is 17.1 Å². The Labute approximate surface area is 161 Å². The number of Topliss-reactive ketones (excluding diaryl/α,β-unsaturated/α-hetero) is 1. The van der Waals surface area contributed by atoms with Crippen LogP contribution in [0.25, 0.3) is 11.5 Å². The van der Waals surface area contributed by atoms with Crippen LogP contribution in [0.4, 0.5) is 5.69 Å². The molecule has 0 amide bonds. The summed E-state index contributed by atoms with van der Waals surface area (Å²) in [6, 6.07) is 11.2. The van der Waals surface area contributed by atoms with Crippen LogP contribution in [0.3, 0.4) is 0 Å². The molecule has 0 unspecified atom stereocenters. The van der Waals surface area contributed by atoms with Crippen molar-refractivity contribution in [2.24, 2.45) is 0 Å². The Bertz CT molecular complexity index is 1210. The number of furan rings is 1. The second kappa shape index (κ2) is 6.75. The van der Waals surface area contributed by atoms with Gasteiger partial charge >= 0.3 is 0 Å². The number of aromatic nitrogens is 2. The van der Waals surface area contributed by atoms with E-state index in [9.17, 15) is 18.0 Å². The molecule has 0 radical (unpaired) electrons. The second-order valence-electron chi connectivity index (χ2n) is 6.54. The number of ketones is 1. The molecule has 4 rings (SSSR count). The fourth-order valence-electron chi connectivity index (χ4n) is 3.23. The zero-order valence-corrected chi connectivity index (χ0v) is 15.8. The van der Waals surface area contributed by atoms with Gasteiger partial charge < -0.3 is 4.42 Å². The maximum absolute atomic E-state index is 12.7. The maximum Gasteiger partial charge on any atom is 0.267 e. The lowest BCUT2D eigenvalue weighted by atomic mass is 10.1. The highest BCUT2D eigenvalue weighted by Gasteiger charge is 2.26. The van der Waals surface area contributed by atoms with Crippen molar-refractivity contribution in [3.05, 3.63) is 70.2 Å². The van der Waals surface area contributed by atoms with E-state index in [1.54, 1.807) is 30.3 Å². The van der Waals surface area contributed by atoms with E-state index >= 15 is 0 Å². The summed E-state index contributed by atoms with van der Waals surface area (Å²) in [5.74, 6) is 0.214. The summed E-state index contributed by atoms with van der Waals surface area (Å²) in [7, 11) is -3.35. The topological polar surface area (TPSA) is 102 Å². The molecule has 1 aliphatic heterocycles. The van der Waals surface area contributed by atoms with Crippen molar-refractivity contribution < 1.29 is 17.6 Å². The van der Waals surface area contributed by atoms with E-state index in [2.05, 4.69) is 5.10 Å².